The van der Waals surface area contributed by atoms with Gasteiger partial charge in [-0.2, -0.15) is 0 Å². The lowest BCUT2D eigenvalue weighted by Gasteiger charge is -1.95. The Balaban J connectivity index is 3.99. The molecular formula is C10H15F. The molecular weight excluding hydrogens is 139 g/mol. The summed E-state index contributed by atoms with van der Waals surface area (Å²) in [5, 5.41) is 0. The molecule has 62 valence electrons. The molecule has 0 aliphatic heterocycles. The first-order valence-electron chi connectivity index (χ1n) is 3.84. The molecule has 0 rings (SSSR count). The summed E-state index contributed by atoms with van der Waals surface area (Å²) >= 11 is 0. The van der Waals surface area contributed by atoms with Gasteiger partial charge in [0.15, 0.2) is 0 Å². The van der Waals surface area contributed by atoms with Crippen LogP contribution in [0.25, 0.3) is 0 Å². The summed E-state index contributed by atoms with van der Waals surface area (Å²) < 4.78 is 12.5. The van der Waals surface area contributed by atoms with Crippen LogP contribution in [0.15, 0.2) is 36.5 Å². The average molecular weight is 154 g/mol. The lowest BCUT2D eigenvalue weighted by molar-refractivity contribution is 0.469. The number of hydrogen-bond donors (Lipinski definition) is 0. The van der Waals surface area contributed by atoms with Crippen molar-refractivity contribution in [3.05, 3.63) is 36.5 Å². The number of hydrogen-bond acceptors (Lipinski definition) is 0. The van der Waals surface area contributed by atoms with Crippen LogP contribution in [0.4, 0.5) is 4.39 Å². The van der Waals surface area contributed by atoms with Gasteiger partial charge < -0.3 is 0 Å². The first-order chi connectivity index (χ1) is 5.24. The smallest absolute Gasteiger partial charge is 0.137 e. The quantitative estimate of drug-likeness (QED) is 0.430. The fourth-order valence-corrected chi connectivity index (χ4v) is 0.712. The largest absolute Gasteiger partial charge is 0.238 e. The fraction of sp³-hybridized carbons (Fsp3) is 0.400. The minimum atomic E-state index is -1.02. The highest BCUT2D eigenvalue weighted by molar-refractivity contribution is 5.19. The minimum Gasteiger partial charge on any atom is -0.238 e. The topological polar surface area (TPSA) is 0 Å². The van der Waals surface area contributed by atoms with Crippen molar-refractivity contribution in [2.75, 3.05) is 0 Å². The van der Waals surface area contributed by atoms with E-state index in [9.17, 15) is 4.39 Å². The van der Waals surface area contributed by atoms with Gasteiger partial charge in [0, 0.05) is 0 Å². The van der Waals surface area contributed by atoms with Gasteiger partial charge in [-0.1, -0.05) is 37.3 Å². The van der Waals surface area contributed by atoms with Crippen LogP contribution in [0, 0.1) is 0 Å². The van der Waals surface area contributed by atoms with Crippen LogP contribution in [0.5, 0.6) is 0 Å². The second kappa shape index (κ2) is 5.90. The maximum Gasteiger partial charge on any atom is 0.137 e. The molecule has 0 aromatic heterocycles. The monoisotopic (exact) mass is 154 g/mol. The molecule has 0 saturated heterocycles. The standard InChI is InChI=1S/C10H15F/c1-4-9(5-2)7-8-10(11)6-3/h4,6-8,10H,3,5H2,1-2H3/b8-7-,9-4-. The second-order valence-electron chi connectivity index (χ2n) is 2.26. The van der Waals surface area contributed by atoms with E-state index in [0.717, 1.165) is 12.0 Å². The first-order valence-corrected chi connectivity index (χ1v) is 3.84. The molecule has 0 radical (unpaired) electrons. The highest BCUT2D eigenvalue weighted by Crippen LogP contribution is 2.04. The van der Waals surface area contributed by atoms with Crippen LogP contribution in [-0.2, 0) is 0 Å². The average Bonchev–Trinajstić information content (AvgIpc) is 2.06. The molecule has 0 aromatic carbocycles. The van der Waals surface area contributed by atoms with Gasteiger partial charge in [-0.15, -0.1) is 0 Å². The summed E-state index contributed by atoms with van der Waals surface area (Å²) in [6, 6.07) is 0. The normalized spacial score (nSPS) is 15.4. The van der Waals surface area contributed by atoms with Crippen molar-refractivity contribution in [1.82, 2.24) is 0 Å². The Morgan fingerprint density at radius 3 is 2.64 bits per heavy atom. The Bertz CT molecular complexity index is 166. The van der Waals surface area contributed by atoms with E-state index in [4.69, 9.17) is 0 Å². The molecule has 0 aliphatic rings. The maximum absolute atomic E-state index is 12.5. The van der Waals surface area contributed by atoms with Gasteiger partial charge in [0.05, 0.1) is 0 Å². The highest BCUT2D eigenvalue weighted by atomic mass is 19.1. The molecule has 11 heavy (non-hydrogen) atoms. The van der Waals surface area contributed by atoms with Gasteiger partial charge in [0.2, 0.25) is 0 Å². The van der Waals surface area contributed by atoms with Gasteiger partial charge in [-0.3, -0.25) is 0 Å². The lowest BCUT2D eigenvalue weighted by Crippen LogP contribution is -1.86. The van der Waals surface area contributed by atoms with Crippen molar-refractivity contribution in [1.29, 1.82) is 0 Å². The summed E-state index contributed by atoms with van der Waals surface area (Å²) in [5.41, 5.74) is 1.15. The lowest BCUT2D eigenvalue weighted by atomic mass is 10.1. The molecule has 0 heterocycles. The van der Waals surface area contributed by atoms with Crippen LogP contribution in [0.1, 0.15) is 20.3 Å². The van der Waals surface area contributed by atoms with Gasteiger partial charge in [-0.25, -0.2) is 4.39 Å². The number of rotatable bonds is 4. The minimum absolute atomic E-state index is 0.941. The number of halogens is 1. The zero-order valence-electron chi connectivity index (χ0n) is 7.18. The summed E-state index contributed by atoms with van der Waals surface area (Å²) in [6.45, 7) is 7.34. The first kappa shape index (κ1) is 10.2. The van der Waals surface area contributed by atoms with Crippen molar-refractivity contribution < 1.29 is 4.39 Å². The van der Waals surface area contributed by atoms with Gasteiger partial charge >= 0.3 is 0 Å². The van der Waals surface area contributed by atoms with E-state index in [-0.39, 0.29) is 0 Å². The number of alkyl halides is 1. The van der Waals surface area contributed by atoms with E-state index >= 15 is 0 Å². The van der Waals surface area contributed by atoms with Crippen molar-refractivity contribution in [2.45, 2.75) is 26.4 Å². The zero-order valence-corrected chi connectivity index (χ0v) is 7.18. The molecule has 1 unspecified atom stereocenters. The molecule has 0 fully saturated rings. The molecule has 1 atom stereocenters. The van der Waals surface area contributed by atoms with E-state index in [1.807, 2.05) is 19.9 Å². The second-order valence-corrected chi connectivity index (χ2v) is 2.26. The van der Waals surface area contributed by atoms with Crippen LogP contribution in [0.2, 0.25) is 0 Å². The maximum atomic E-state index is 12.5. The third-order valence-electron chi connectivity index (χ3n) is 1.50. The van der Waals surface area contributed by atoms with E-state index in [0.29, 0.717) is 0 Å². The fourth-order valence-electron chi connectivity index (χ4n) is 0.712. The van der Waals surface area contributed by atoms with E-state index in [1.54, 1.807) is 6.08 Å². The predicted octanol–water partition coefficient (Wildman–Crippen LogP) is 3.42. The van der Waals surface area contributed by atoms with E-state index in [1.165, 1.54) is 12.2 Å². The van der Waals surface area contributed by atoms with Gasteiger partial charge in [0.25, 0.3) is 0 Å². The molecule has 0 saturated carbocycles. The molecule has 0 nitrogen and oxygen atoms in total. The summed E-state index contributed by atoms with van der Waals surface area (Å²) in [4.78, 5) is 0. The number of allylic oxidation sites excluding steroid dienone is 5. The van der Waals surface area contributed by atoms with Crippen molar-refractivity contribution in [3.8, 4) is 0 Å². The van der Waals surface area contributed by atoms with Crippen molar-refractivity contribution in [3.63, 3.8) is 0 Å². The van der Waals surface area contributed by atoms with Gasteiger partial charge in [0.1, 0.15) is 6.17 Å². The Labute approximate surface area is 68.1 Å². The molecule has 0 spiro atoms. The Morgan fingerprint density at radius 1 is 1.64 bits per heavy atom. The Kier molecular flexibility index (Phi) is 5.44. The molecule has 0 N–H and O–H groups in total. The van der Waals surface area contributed by atoms with Crippen LogP contribution in [-0.4, -0.2) is 6.17 Å². The zero-order chi connectivity index (χ0) is 8.69. The Morgan fingerprint density at radius 2 is 2.27 bits per heavy atom. The highest BCUT2D eigenvalue weighted by Gasteiger charge is 1.91. The third kappa shape index (κ3) is 4.54. The van der Waals surface area contributed by atoms with Crippen LogP contribution < -0.4 is 0 Å². The van der Waals surface area contributed by atoms with Crippen molar-refractivity contribution >= 4 is 0 Å². The van der Waals surface area contributed by atoms with E-state index < -0.39 is 6.17 Å². The van der Waals surface area contributed by atoms with Crippen LogP contribution in [0.3, 0.4) is 0 Å². The van der Waals surface area contributed by atoms with Crippen molar-refractivity contribution in [2.24, 2.45) is 0 Å². The molecule has 1 heteroatoms. The van der Waals surface area contributed by atoms with Gasteiger partial charge in [-0.05, 0) is 19.4 Å². The summed E-state index contributed by atoms with van der Waals surface area (Å²) in [7, 11) is 0. The third-order valence-corrected chi connectivity index (χ3v) is 1.50. The van der Waals surface area contributed by atoms with E-state index in [2.05, 4.69) is 6.58 Å². The molecule has 0 bridgehead atoms. The summed E-state index contributed by atoms with van der Waals surface area (Å²) in [5.74, 6) is 0. The predicted molar refractivity (Wildman–Crippen MR) is 48.3 cm³/mol. The molecule has 0 aliphatic carbocycles. The SMILES string of the molecule is C=CC(F)/C=C\C(=C/C)CC. The Hall–Kier alpha value is -0.850. The van der Waals surface area contributed by atoms with Crippen LogP contribution >= 0.6 is 0 Å². The molecule has 0 amide bonds. The summed E-state index contributed by atoms with van der Waals surface area (Å²) in [6.07, 6.45) is 6.48. The molecule has 0 aromatic rings.